The van der Waals surface area contributed by atoms with Crippen LogP contribution in [0, 0.1) is 5.92 Å². The van der Waals surface area contributed by atoms with Gasteiger partial charge in [-0.2, -0.15) is 0 Å². The molecule has 3 heterocycles. The molecule has 0 unspecified atom stereocenters. The van der Waals surface area contributed by atoms with Gasteiger partial charge < -0.3 is 14.6 Å². The Bertz CT molecular complexity index is 1090. The average molecular weight is 495 g/mol. The molecule has 0 radical (unpaired) electrons. The summed E-state index contributed by atoms with van der Waals surface area (Å²) < 4.78 is 0. The molecule has 1 aromatic carbocycles. The fourth-order valence-electron chi connectivity index (χ4n) is 5.50. The normalized spacial score (nSPS) is 24.9. The van der Waals surface area contributed by atoms with Crippen molar-refractivity contribution in [3.8, 4) is 0 Å². The van der Waals surface area contributed by atoms with E-state index >= 15 is 0 Å². The van der Waals surface area contributed by atoms with Crippen LogP contribution in [0.15, 0.2) is 47.8 Å². The van der Waals surface area contributed by atoms with E-state index in [1.54, 1.807) is 6.20 Å². The Morgan fingerprint density at radius 2 is 1.74 bits per heavy atom. The Balaban J connectivity index is 1.13. The number of nitrogens with zero attached hydrogens (tertiary/aromatic N) is 4. The highest BCUT2D eigenvalue weighted by Crippen LogP contribution is 2.42. The summed E-state index contributed by atoms with van der Waals surface area (Å²) in [6.07, 6.45) is 6.05. The molecule has 0 atom stereocenters. The summed E-state index contributed by atoms with van der Waals surface area (Å²) in [7, 11) is 0. The first-order chi connectivity index (χ1) is 16.7. The predicted octanol–water partition coefficient (Wildman–Crippen LogP) is 5.43. The molecule has 1 saturated heterocycles. The summed E-state index contributed by atoms with van der Waals surface area (Å²) >= 11 is 6.31. The molecular formula is C28H35ClN4O2. The van der Waals surface area contributed by atoms with E-state index in [0.29, 0.717) is 18.1 Å². The molecule has 35 heavy (non-hydrogen) atoms. The van der Waals surface area contributed by atoms with Crippen molar-refractivity contribution in [2.24, 2.45) is 11.1 Å². The van der Waals surface area contributed by atoms with Crippen LogP contribution in [0.2, 0.25) is 5.02 Å². The van der Waals surface area contributed by atoms with Crippen LogP contribution in [0.3, 0.4) is 0 Å². The lowest BCUT2D eigenvalue weighted by molar-refractivity contribution is -0.139. The highest BCUT2D eigenvalue weighted by molar-refractivity contribution is 6.32. The maximum atomic E-state index is 13.3. The molecule has 0 bridgehead atoms. The van der Waals surface area contributed by atoms with Gasteiger partial charge in [0.15, 0.2) is 0 Å². The zero-order chi connectivity index (χ0) is 24.6. The topological polar surface area (TPSA) is 58.0 Å². The summed E-state index contributed by atoms with van der Waals surface area (Å²) in [6.45, 7) is 9.61. The van der Waals surface area contributed by atoms with Crippen molar-refractivity contribution in [3.63, 3.8) is 0 Å². The van der Waals surface area contributed by atoms with Crippen molar-refractivity contribution >= 4 is 29.0 Å². The van der Waals surface area contributed by atoms with E-state index in [-0.39, 0.29) is 22.8 Å². The molecule has 0 N–H and O–H groups in total. The SMILES string of the molecule is CC(C)(C)c1ccc(C2=NOC3(CCC(C(=O)N4CCN(c5ncccc5Cl)CC4)CC3)C2)cc1. The van der Waals surface area contributed by atoms with Gasteiger partial charge in [0.05, 0.1) is 10.7 Å². The van der Waals surface area contributed by atoms with Crippen molar-refractivity contribution < 1.29 is 9.63 Å². The van der Waals surface area contributed by atoms with Crippen molar-refractivity contribution in [2.45, 2.75) is 63.9 Å². The van der Waals surface area contributed by atoms with Crippen LogP contribution in [-0.2, 0) is 15.0 Å². The van der Waals surface area contributed by atoms with Crippen LogP contribution < -0.4 is 4.90 Å². The van der Waals surface area contributed by atoms with E-state index in [1.165, 1.54) is 5.56 Å². The molecule has 2 fully saturated rings. The van der Waals surface area contributed by atoms with Crippen LogP contribution in [0.4, 0.5) is 5.82 Å². The Labute approximate surface area is 213 Å². The number of carbonyl (C=O) groups excluding carboxylic acids is 1. The van der Waals surface area contributed by atoms with Crippen molar-refractivity contribution in [3.05, 3.63) is 58.7 Å². The summed E-state index contributed by atoms with van der Waals surface area (Å²) in [5, 5.41) is 5.14. The highest BCUT2D eigenvalue weighted by atomic mass is 35.5. The number of pyridine rings is 1. The lowest BCUT2D eigenvalue weighted by Crippen LogP contribution is -2.51. The van der Waals surface area contributed by atoms with Gasteiger partial charge in [0.2, 0.25) is 5.91 Å². The number of amides is 1. The van der Waals surface area contributed by atoms with Crippen molar-refractivity contribution in [2.75, 3.05) is 31.1 Å². The standard InChI is InChI=1S/C28H35ClN4O2/c1-27(2,3)22-8-6-20(7-9-22)24-19-28(35-31-24)12-10-21(11-13-28)26(34)33-17-15-32(16-18-33)25-23(29)5-4-14-30-25/h4-9,14,21H,10-13,15-19H2,1-3H3. The monoisotopic (exact) mass is 494 g/mol. The van der Waals surface area contributed by atoms with E-state index in [9.17, 15) is 4.79 Å². The molecule has 7 heteroatoms. The first kappa shape index (κ1) is 24.1. The van der Waals surface area contributed by atoms with Crippen LogP contribution >= 0.6 is 11.6 Å². The number of piperazine rings is 1. The van der Waals surface area contributed by atoms with Crippen LogP contribution in [0.25, 0.3) is 0 Å². The molecule has 6 nitrogen and oxygen atoms in total. The number of carbonyl (C=O) groups is 1. The number of rotatable bonds is 3. The lowest BCUT2D eigenvalue weighted by Gasteiger charge is -2.40. The molecule has 2 aliphatic heterocycles. The second-order valence-corrected chi connectivity index (χ2v) is 11.6. The van der Waals surface area contributed by atoms with Gasteiger partial charge in [-0.15, -0.1) is 0 Å². The smallest absolute Gasteiger partial charge is 0.225 e. The molecule has 1 aromatic heterocycles. The average Bonchev–Trinajstić information content (AvgIpc) is 3.27. The summed E-state index contributed by atoms with van der Waals surface area (Å²) in [5.74, 6) is 1.16. The quantitative estimate of drug-likeness (QED) is 0.570. The van der Waals surface area contributed by atoms with Gasteiger partial charge in [-0.25, -0.2) is 4.98 Å². The maximum Gasteiger partial charge on any atom is 0.225 e. The number of hydrogen-bond acceptors (Lipinski definition) is 5. The van der Waals surface area contributed by atoms with E-state index in [4.69, 9.17) is 16.4 Å². The summed E-state index contributed by atoms with van der Waals surface area (Å²) in [6, 6.07) is 12.4. The fourth-order valence-corrected chi connectivity index (χ4v) is 5.75. The van der Waals surface area contributed by atoms with Gasteiger partial charge in [0, 0.05) is 44.7 Å². The summed E-state index contributed by atoms with van der Waals surface area (Å²) in [4.78, 5) is 27.9. The van der Waals surface area contributed by atoms with Crippen molar-refractivity contribution in [1.29, 1.82) is 0 Å². The Morgan fingerprint density at radius 3 is 2.37 bits per heavy atom. The largest absolute Gasteiger partial charge is 0.389 e. The number of anilines is 1. The van der Waals surface area contributed by atoms with Crippen molar-refractivity contribution in [1.82, 2.24) is 9.88 Å². The van der Waals surface area contributed by atoms with Gasteiger partial charge in [-0.05, 0) is 54.4 Å². The Hall–Kier alpha value is -2.60. The number of aromatic nitrogens is 1. The van der Waals surface area contributed by atoms with Gasteiger partial charge >= 0.3 is 0 Å². The second-order valence-electron chi connectivity index (χ2n) is 11.2. The molecule has 1 saturated carbocycles. The van der Waals surface area contributed by atoms with Gasteiger partial charge in [-0.3, -0.25) is 4.79 Å². The molecule has 3 aliphatic rings. The number of benzene rings is 1. The minimum Gasteiger partial charge on any atom is -0.389 e. The summed E-state index contributed by atoms with van der Waals surface area (Å²) in [5.41, 5.74) is 3.37. The predicted molar refractivity (Wildman–Crippen MR) is 140 cm³/mol. The molecule has 2 aromatic rings. The molecule has 1 spiro atoms. The lowest BCUT2D eigenvalue weighted by atomic mass is 9.75. The highest BCUT2D eigenvalue weighted by Gasteiger charge is 2.44. The fraction of sp³-hybridized carbons (Fsp3) is 0.536. The zero-order valence-electron chi connectivity index (χ0n) is 21.0. The minimum atomic E-state index is -0.247. The van der Waals surface area contributed by atoms with Crippen LogP contribution in [-0.4, -0.2) is 53.3 Å². The van der Waals surface area contributed by atoms with E-state index in [2.05, 4.69) is 60.1 Å². The number of hydrogen-bond donors (Lipinski definition) is 0. The van der Waals surface area contributed by atoms with E-state index in [0.717, 1.165) is 62.3 Å². The molecular weight excluding hydrogens is 460 g/mol. The first-order valence-electron chi connectivity index (χ1n) is 12.7. The Morgan fingerprint density at radius 1 is 1.06 bits per heavy atom. The van der Waals surface area contributed by atoms with Gasteiger partial charge in [-0.1, -0.05) is 61.8 Å². The van der Waals surface area contributed by atoms with Gasteiger partial charge in [0.1, 0.15) is 11.4 Å². The van der Waals surface area contributed by atoms with E-state index < -0.39 is 0 Å². The van der Waals surface area contributed by atoms with Crippen LogP contribution in [0.5, 0.6) is 0 Å². The maximum absolute atomic E-state index is 13.3. The molecule has 186 valence electrons. The molecule has 1 aliphatic carbocycles. The third-order valence-electron chi connectivity index (χ3n) is 7.80. The number of halogens is 1. The van der Waals surface area contributed by atoms with Crippen LogP contribution in [0.1, 0.15) is 64.0 Å². The Kier molecular flexibility index (Phi) is 6.51. The van der Waals surface area contributed by atoms with Gasteiger partial charge in [0.25, 0.3) is 0 Å². The minimum absolute atomic E-state index is 0.0735. The third-order valence-corrected chi connectivity index (χ3v) is 8.09. The zero-order valence-corrected chi connectivity index (χ0v) is 21.7. The number of oxime groups is 1. The molecule has 5 rings (SSSR count). The second kappa shape index (κ2) is 9.45. The first-order valence-corrected chi connectivity index (χ1v) is 13.1. The third kappa shape index (κ3) is 5.04. The van der Waals surface area contributed by atoms with E-state index in [1.807, 2.05) is 17.0 Å². The molecule has 1 amide bonds.